The van der Waals surface area contributed by atoms with Gasteiger partial charge >= 0.3 is 5.97 Å². The molecule has 1 aromatic heterocycles. The van der Waals surface area contributed by atoms with Crippen LogP contribution in [0.4, 0.5) is 17.1 Å². The molecule has 2 N–H and O–H groups in total. The third kappa shape index (κ3) is 3.14. The van der Waals surface area contributed by atoms with Crippen molar-refractivity contribution in [3.05, 3.63) is 57.4 Å². The Morgan fingerprint density at radius 1 is 1.24 bits per heavy atom. The smallest absolute Gasteiger partial charge is 0.338 e. The number of rotatable bonds is 4. The SMILES string of the molecule is Cc1ccc(Nc2ccc([N+](=O)[O-])cc2C(=O)O)c(C)n1. The number of pyridine rings is 1. The maximum absolute atomic E-state index is 11.2. The van der Waals surface area contributed by atoms with Crippen LogP contribution in [0.25, 0.3) is 0 Å². The number of carbonyl (C=O) groups is 1. The summed E-state index contributed by atoms with van der Waals surface area (Å²) in [4.78, 5) is 25.6. The lowest BCUT2D eigenvalue weighted by atomic mass is 10.1. The van der Waals surface area contributed by atoms with E-state index in [-0.39, 0.29) is 16.9 Å². The highest BCUT2D eigenvalue weighted by molar-refractivity contribution is 5.96. The molecule has 1 heterocycles. The fourth-order valence-corrected chi connectivity index (χ4v) is 1.90. The number of aryl methyl sites for hydroxylation is 2. The van der Waals surface area contributed by atoms with Crippen LogP contribution in [-0.4, -0.2) is 21.0 Å². The van der Waals surface area contributed by atoms with Crippen LogP contribution in [0, 0.1) is 24.0 Å². The maximum Gasteiger partial charge on any atom is 0.338 e. The number of nitrogens with one attached hydrogen (secondary N) is 1. The van der Waals surface area contributed by atoms with Gasteiger partial charge in [-0.25, -0.2) is 4.79 Å². The summed E-state index contributed by atoms with van der Waals surface area (Å²) in [6.07, 6.45) is 0. The number of nitro benzene ring substituents is 1. The molecular formula is C14H13N3O4. The Hall–Kier alpha value is -2.96. The molecule has 2 rings (SSSR count). The number of carboxylic acid groups (broad SMARTS) is 1. The highest BCUT2D eigenvalue weighted by Crippen LogP contribution is 2.26. The Labute approximate surface area is 120 Å². The molecule has 108 valence electrons. The van der Waals surface area contributed by atoms with Crippen LogP contribution >= 0.6 is 0 Å². The van der Waals surface area contributed by atoms with Gasteiger partial charge in [-0.15, -0.1) is 0 Å². The molecule has 0 fully saturated rings. The first-order chi connectivity index (χ1) is 9.88. The number of aromatic carboxylic acids is 1. The van der Waals surface area contributed by atoms with Gasteiger partial charge in [0.05, 0.1) is 27.6 Å². The molecular weight excluding hydrogens is 274 g/mol. The van der Waals surface area contributed by atoms with E-state index in [1.54, 1.807) is 19.1 Å². The van der Waals surface area contributed by atoms with Crippen LogP contribution in [0.3, 0.4) is 0 Å². The maximum atomic E-state index is 11.2. The van der Waals surface area contributed by atoms with Crippen molar-refractivity contribution in [2.45, 2.75) is 13.8 Å². The van der Waals surface area contributed by atoms with E-state index >= 15 is 0 Å². The van der Waals surface area contributed by atoms with E-state index in [2.05, 4.69) is 10.3 Å². The van der Waals surface area contributed by atoms with Crippen LogP contribution in [0.1, 0.15) is 21.7 Å². The molecule has 7 heteroatoms. The van der Waals surface area contributed by atoms with Crippen molar-refractivity contribution in [2.75, 3.05) is 5.32 Å². The molecule has 0 radical (unpaired) electrons. The Bertz CT molecular complexity index is 728. The van der Waals surface area contributed by atoms with Gasteiger partial charge in [-0.2, -0.15) is 0 Å². The van der Waals surface area contributed by atoms with Gasteiger partial charge in [0.2, 0.25) is 0 Å². The minimum Gasteiger partial charge on any atom is -0.478 e. The number of hydrogen-bond donors (Lipinski definition) is 2. The second kappa shape index (κ2) is 5.58. The number of nitrogens with zero attached hydrogens (tertiary/aromatic N) is 2. The molecule has 0 aliphatic carbocycles. The first-order valence-corrected chi connectivity index (χ1v) is 6.11. The number of anilines is 2. The molecule has 0 amide bonds. The molecule has 0 spiro atoms. The number of carboxylic acids is 1. The van der Waals surface area contributed by atoms with E-state index in [4.69, 9.17) is 0 Å². The van der Waals surface area contributed by atoms with Gasteiger partial charge in [-0.3, -0.25) is 15.1 Å². The fourth-order valence-electron chi connectivity index (χ4n) is 1.90. The summed E-state index contributed by atoms with van der Waals surface area (Å²) >= 11 is 0. The fraction of sp³-hybridized carbons (Fsp3) is 0.143. The van der Waals surface area contributed by atoms with Crippen LogP contribution in [0.5, 0.6) is 0 Å². The molecule has 21 heavy (non-hydrogen) atoms. The van der Waals surface area contributed by atoms with Gasteiger partial charge in [-0.05, 0) is 32.0 Å². The first-order valence-electron chi connectivity index (χ1n) is 6.11. The minimum atomic E-state index is -1.24. The normalized spacial score (nSPS) is 10.2. The van der Waals surface area contributed by atoms with Crippen molar-refractivity contribution in [2.24, 2.45) is 0 Å². The van der Waals surface area contributed by atoms with Gasteiger partial charge in [0.15, 0.2) is 0 Å². The van der Waals surface area contributed by atoms with E-state index in [0.29, 0.717) is 11.4 Å². The second-order valence-electron chi connectivity index (χ2n) is 4.50. The van der Waals surface area contributed by atoms with Gasteiger partial charge in [0, 0.05) is 17.8 Å². The van der Waals surface area contributed by atoms with Crippen molar-refractivity contribution in [3.63, 3.8) is 0 Å². The van der Waals surface area contributed by atoms with E-state index < -0.39 is 10.9 Å². The quantitative estimate of drug-likeness (QED) is 0.661. The zero-order chi connectivity index (χ0) is 15.6. The number of aromatic nitrogens is 1. The van der Waals surface area contributed by atoms with Crippen LogP contribution in [-0.2, 0) is 0 Å². The molecule has 2 aromatic rings. The summed E-state index contributed by atoms with van der Waals surface area (Å²) in [5, 5.41) is 22.9. The highest BCUT2D eigenvalue weighted by atomic mass is 16.6. The lowest BCUT2D eigenvalue weighted by molar-refractivity contribution is -0.384. The monoisotopic (exact) mass is 287 g/mol. The third-order valence-corrected chi connectivity index (χ3v) is 2.94. The Morgan fingerprint density at radius 2 is 1.90 bits per heavy atom. The number of hydrogen-bond acceptors (Lipinski definition) is 5. The predicted molar refractivity (Wildman–Crippen MR) is 77.0 cm³/mol. The molecule has 0 unspecified atom stereocenters. The van der Waals surface area contributed by atoms with Gasteiger partial charge < -0.3 is 10.4 Å². The molecule has 0 aliphatic rings. The topological polar surface area (TPSA) is 105 Å². The van der Waals surface area contributed by atoms with Gasteiger partial charge in [-0.1, -0.05) is 0 Å². The molecule has 0 aliphatic heterocycles. The summed E-state index contributed by atoms with van der Waals surface area (Å²) in [6, 6.07) is 7.24. The van der Waals surface area contributed by atoms with Crippen LogP contribution < -0.4 is 5.32 Å². The average Bonchev–Trinajstić information content (AvgIpc) is 2.41. The molecule has 1 aromatic carbocycles. The van der Waals surface area contributed by atoms with Crippen molar-refractivity contribution in [1.29, 1.82) is 0 Å². The molecule has 0 saturated heterocycles. The van der Waals surface area contributed by atoms with E-state index in [1.807, 2.05) is 6.92 Å². The lowest BCUT2D eigenvalue weighted by Gasteiger charge is -2.11. The minimum absolute atomic E-state index is 0.163. The van der Waals surface area contributed by atoms with Crippen LogP contribution in [0.15, 0.2) is 30.3 Å². The third-order valence-electron chi connectivity index (χ3n) is 2.94. The Morgan fingerprint density at radius 3 is 2.48 bits per heavy atom. The Kier molecular flexibility index (Phi) is 3.84. The summed E-state index contributed by atoms with van der Waals surface area (Å²) < 4.78 is 0. The zero-order valence-electron chi connectivity index (χ0n) is 11.5. The van der Waals surface area contributed by atoms with Crippen molar-refractivity contribution >= 4 is 23.0 Å². The zero-order valence-corrected chi connectivity index (χ0v) is 11.5. The van der Waals surface area contributed by atoms with Crippen LogP contribution in [0.2, 0.25) is 0 Å². The molecule has 7 nitrogen and oxygen atoms in total. The number of non-ortho nitro benzene ring substituents is 1. The summed E-state index contributed by atoms with van der Waals surface area (Å²) in [6.45, 7) is 3.65. The molecule has 0 atom stereocenters. The van der Waals surface area contributed by atoms with Gasteiger partial charge in [0.1, 0.15) is 0 Å². The molecule has 0 saturated carbocycles. The Balaban J connectivity index is 2.44. The summed E-state index contributed by atoms with van der Waals surface area (Å²) in [5.74, 6) is -1.24. The van der Waals surface area contributed by atoms with E-state index in [1.165, 1.54) is 12.1 Å². The summed E-state index contributed by atoms with van der Waals surface area (Å²) in [7, 11) is 0. The second-order valence-corrected chi connectivity index (χ2v) is 4.50. The van der Waals surface area contributed by atoms with E-state index in [0.717, 1.165) is 11.8 Å². The number of nitro groups is 1. The van der Waals surface area contributed by atoms with Gasteiger partial charge in [0.25, 0.3) is 5.69 Å². The molecule has 0 bridgehead atoms. The van der Waals surface area contributed by atoms with Crippen molar-refractivity contribution in [3.8, 4) is 0 Å². The largest absolute Gasteiger partial charge is 0.478 e. The first kappa shape index (κ1) is 14.4. The number of benzene rings is 1. The summed E-state index contributed by atoms with van der Waals surface area (Å²) in [5.41, 5.74) is 2.06. The lowest BCUT2D eigenvalue weighted by Crippen LogP contribution is -2.05. The highest BCUT2D eigenvalue weighted by Gasteiger charge is 2.16. The van der Waals surface area contributed by atoms with Crippen molar-refractivity contribution < 1.29 is 14.8 Å². The average molecular weight is 287 g/mol. The van der Waals surface area contributed by atoms with E-state index in [9.17, 15) is 20.0 Å². The predicted octanol–water partition coefficient (Wildman–Crippen LogP) is 3.05. The standard InChI is InChI=1S/C14H13N3O4/c1-8-3-5-12(9(2)15-8)16-13-6-4-10(17(20)21)7-11(13)14(18)19/h3-7,16H,1-2H3,(H,18,19). The van der Waals surface area contributed by atoms with Crippen molar-refractivity contribution in [1.82, 2.24) is 4.98 Å².